The smallest absolute Gasteiger partial charge is 0.245 e. The molecule has 2 heterocycles. The Morgan fingerprint density at radius 3 is 2.86 bits per heavy atom. The summed E-state index contributed by atoms with van der Waals surface area (Å²) in [5.41, 5.74) is 0. The zero-order chi connectivity index (χ0) is 16.1. The van der Waals surface area contributed by atoms with Crippen LogP contribution < -0.4 is 5.32 Å². The fourth-order valence-electron chi connectivity index (χ4n) is 2.22. The molecule has 0 radical (unpaired) electrons. The highest BCUT2D eigenvalue weighted by atomic mass is 16.5. The highest BCUT2D eigenvalue weighted by Crippen LogP contribution is 2.10. The molecule has 8 nitrogen and oxygen atoms in total. The van der Waals surface area contributed by atoms with Gasteiger partial charge in [0.25, 0.3) is 0 Å². The van der Waals surface area contributed by atoms with Gasteiger partial charge in [-0.3, -0.25) is 14.4 Å². The summed E-state index contributed by atoms with van der Waals surface area (Å²) in [5.74, 6) is 0.268. The van der Waals surface area contributed by atoms with E-state index in [-0.39, 0.29) is 30.8 Å². The number of likely N-dealkylation sites (N-methyl/N-ethyl adjacent to an activating group) is 1. The second-order valence-corrected chi connectivity index (χ2v) is 5.39. The molecule has 1 N–H and O–H groups in total. The van der Waals surface area contributed by atoms with Gasteiger partial charge in [0.2, 0.25) is 17.7 Å². The van der Waals surface area contributed by atoms with E-state index in [4.69, 9.17) is 4.52 Å². The van der Waals surface area contributed by atoms with E-state index in [9.17, 15) is 14.4 Å². The topological polar surface area (TPSA) is 95.8 Å². The molecule has 1 fully saturated rings. The number of hydrogen-bond donors (Lipinski definition) is 1. The quantitative estimate of drug-likeness (QED) is 0.849. The number of rotatable bonds is 5. The highest BCUT2D eigenvalue weighted by molar-refractivity contribution is 5.94. The normalized spacial score (nSPS) is 14.8. The van der Waals surface area contributed by atoms with Gasteiger partial charge < -0.3 is 19.6 Å². The maximum absolute atomic E-state index is 12.1. The average Bonchev–Trinajstić information content (AvgIpc) is 2.86. The molecule has 0 aliphatic carbocycles. The SMILES string of the molecule is Cc1cc(NC(=O)CN(C)C(=O)CN2CCCCC2=O)no1. The minimum Gasteiger partial charge on any atom is -0.360 e. The first-order valence-electron chi connectivity index (χ1n) is 7.20. The van der Waals surface area contributed by atoms with E-state index in [2.05, 4.69) is 10.5 Å². The summed E-state index contributed by atoms with van der Waals surface area (Å²) in [6.07, 6.45) is 2.27. The maximum atomic E-state index is 12.1. The van der Waals surface area contributed by atoms with E-state index in [0.29, 0.717) is 24.5 Å². The van der Waals surface area contributed by atoms with Crippen molar-refractivity contribution in [2.75, 3.05) is 32.0 Å². The van der Waals surface area contributed by atoms with Gasteiger partial charge >= 0.3 is 0 Å². The van der Waals surface area contributed by atoms with Crippen LogP contribution in [0.25, 0.3) is 0 Å². The Bertz CT molecular complexity index is 569. The number of hydrogen-bond acceptors (Lipinski definition) is 5. The van der Waals surface area contributed by atoms with Crippen molar-refractivity contribution in [1.29, 1.82) is 0 Å². The molecule has 1 saturated heterocycles. The lowest BCUT2D eigenvalue weighted by Gasteiger charge is -2.28. The predicted molar refractivity (Wildman–Crippen MR) is 77.9 cm³/mol. The lowest BCUT2D eigenvalue weighted by molar-refractivity contribution is -0.142. The molecule has 1 aromatic rings. The molecule has 1 aliphatic heterocycles. The van der Waals surface area contributed by atoms with Gasteiger partial charge in [-0.25, -0.2) is 0 Å². The minimum atomic E-state index is -0.367. The van der Waals surface area contributed by atoms with Gasteiger partial charge in [-0.05, 0) is 19.8 Å². The van der Waals surface area contributed by atoms with Crippen LogP contribution >= 0.6 is 0 Å². The van der Waals surface area contributed by atoms with Gasteiger partial charge in [-0.15, -0.1) is 0 Å². The number of amides is 3. The molecule has 120 valence electrons. The molecule has 0 saturated carbocycles. The average molecular weight is 308 g/mol. The van der Waals surface area contributed by atoms with Gasteiger partial charge in [0, 0.05) is 26.1 Å². The molecule has 8 heteroatoms. The molecule has 0 aromatic carbocycles. The van der Waals surface area contributed by atoms with Crippen molar-refractivity contribution in [2.45, 2.75) is 26.2 Å². The number of carbonyl (C=O) groups excluding carboxylic acids is 3. The molecule has 1 aliphatic rings. The number of nitrogens with one attached hydrogen (secondary N) is 1. The van der Waals surface area contributed by atoms with Gasteiger partial charge in [-0.1, -0.05) is 5.16 Å². The molecule has 1 aromatic heterocycles. The zero-order valence-electron chi connectivity index (χ0n) is 12.8. The van der Waals surface area contributed by atoms with Crippen LogP contribution in [0.2, 0.25) is 0 Å². The third-order valence-electron chi connectivity index (χ3n) is 3.45. The third-order valence-corrected chi connectivity index (χ3v) is 3.45. The third kappa shape index (κ3) is 4.31. The predicted octanol–water partition coefficient (Wildman–Crippen LogP) is 0.392. The largest absolute Gasteiger partial charge is 0.360 e. The number of carbonyl (C=O) groups is 3. The number of piperidine rings is 1. The highest BCUT2D eigenvalue weighted by Gasteiger charge is 2.23. The van der Waals surface area contributed by atoms with Gasteiger partial charge in [0.15, 0.2) is 5.82 Å². The lowest BCUT2D eigenvalue weighted by atomic mass is 10.1. The fourth-order valence-corrected chi connectivity index (χ4v) is 2.22. The fraction of sp³-hybridized carbons (Fsp3) is 0.571. The molecule has 22 heavy (non-hydrogen) atoms. The van der Waals surface area contributed by atoms with Crippen LogP contribution in [-0.2, 0) is 14.4 Å². The Kier molecular flexibility index (Phi) is 5.13. The zero-order valence-corrected chi connectivity index (χ0v) is 12.8. The number of aryl methyl sites for hydroxylation is 1. The van der Waals surface area contributed by atoms with Crippen molar-refractivity contribution in [1.82, 2.24) is 15.0 Å². The summed E-state index contributed by atoms with van der Waals surface area (Å²) in [6.45, 7) is 2.23. The number of likely N-dealkylation sites (tertiary alicyclic amines) is 1. The van der Waals surface area contributed by atoms with Crippen LogP contribution in [0.4, 0.5) is 5.82 Å². The second-order valence-electron chi connectivity index (χ2n) is 5.39. The summed E-state index contributed by atoms with van der Waals surface area (Å²) < 4.78 is 4.84. The van der Waals surface area contributed by atoms with E-state index in [1.54, 1.807) is 17.9 Å². The Morgan fingerprint density at radius 2 is 2.23 bits per heavy atom. The molecule has 0 unspecified atom stereocenters. The van der Waals surface area contributed by atoms with Crippen LogP contribution in [0.15, 0.2) is 10.6 Å². The van der Waals surface area contributed by atoms with Crippen LogP contribution in [0.3, 0.4) is 0 Å². The van der Waals surface area contributed by atoms with Crippen LogP contribution in [-0.4, -0.2) is 59.4 Å². The van der Waals surface area contributed by atoms with Gasteiger partial charge in [-0.2, -0.15) is 0 Å². The van der Waals surface area contributed by atoms with Crippen molar-refractivity contribution in [3.05, 3.63) is 11.8 Å². The first-order valence-corrected chi connectivity index (χ1v) is 7.20. The van der Waals surface area contributed by atoms with Crippen LogP contribution in [0, 0.1) is 6.92 Å². The van der Waals surface area contributed by atoms with Crippen LogP contribution in [0.1, 0.15) is 25.0 Å². The van der Waals surface area contributed by atoms with E-state index >= 15 is 0 Å². The summed E-state index contributed by atoms with van der Waals surface area (Å²) in [6, 6.07) is 1.59. The summed E-state index contributed by atoms with van der Waals surface area (Å²) in [7, 11) is 1.53. The van der Waals surface area contributed by atoms with Gasteiger partial charge in [0.1, 0.15) is 5.76 Å². The van der Waals surface area contributed by atoms with Crippen molar-refractivity contribution < 1.29 is 18.9 Å². The number of aromatic nitrogens is 1. The maximum Gasteiger partial charge on any atom is 0.245 e. The van der Waals surface area contributed by atoms with E-state index < -0.39 is 0 Å². The molecule has 0 bridgehead atoms. The molecular weight excluding hydrogens is 288 g/mol. The number of nitrogens with zero attached hydrogens (tertiary/aromatic N) is 3. The molecular formula is C14H20N4O4. The Morgan fingerprint density at radius 1 is 1.45 bits per heavy atom. The van der Waals surface area contributed by atoms with E-state index in [1.165, 1.54) is 11.9 Å². The minimum absolute atomic E-state index is 0.00414. The van der Waals surface area contributed by atoms with Crippen molar-refractivity contribution in [3.63, 3.8) is 0 Å². The van der Waals surface area contributed by atoms with Crippen molar-refractivity contribution >= 4 is 23.5 Å². The molecule has 0 atom stereocenters. The standard InChI is InChI=1S/C14H20N4O4/c1-10-7-11(16-22-10)15-12(19)8-17(2)14(21)9-18-6-4-3-5-13(18)20/h7H,3-6,8-9H2,1-2H3,(H,15,16,19). The summed E-state index contributed by atoms with van der Waals surface area (Å²) in [5, 5.41) is 6.19. The second kappa shape index (κ2) is 7.06. The van der Waals surface area contributed by atoms with E-state index in [0.717, 1.165) is 12.8 Å². The number of anilines is 1. The first-order chi connectivity index (χ1) is 10.5. The summed E-state index contributed by atoms with van der Waals surface area (Å²) in [4.78, 5) is 38.4. The molecule has 2 rings (SSSR count). The van der Waals surface area contributed by atoms with Crippen molar-refractivity contribution in [3.8, 4) is 0 Å². The Hall–Kier alpha value is -2.38. The van der Waals surface area contributed by atoms with Gasteiger partial charge in [0.05, 0.1) is 13.1 Å². The first kappa shape index (κ1) is 16.0. The molecule has 0 spiro atoms. The van der Waals surface area contributed by atoms with Crippen molar-refractivity contribution in [2.24, 2.45) is 0 Å². The van der Waals surface area contributed by atoms with Crippen LogP contribution in [0.5, 0.6) is 0 Å². The Labute approximate surface area is 128 Å². The Balaban J connectivity index is 1.80. The van der Waals surface area contributed by atoms with E-state index in [1.807, 2.05) is 0 Å². The lowest BCUT2D eigenvalue weighted by Crippen LogP contribution is -2.45. The monoisotopic (exact) mass is 308 g/mol. The summed E-state index contributed by atoms with van der Waals surface area (Å²) >= 11 is 0. The molecule has 3 amide bonds.